The van der Waals surface area contributed by atoms with Crippen molar-refractivity contribution in [1.82, 2.24) is 10.2 Å². The largest absolute Gasteiger partial charge is 0.460 e. The molecule has 2 aliphatic carbocycles. The van der Waals surface area contributed by atoms with Gasteiger partial charge in [0, 0.05) is 44.7 Å². The number of nitrogens with zero attached hydrogens (tertiary/aromatic N) is 1. The zero-order valence-electron chi connectivity index (χ0n) is 26.4. The highest BCUT2D eigenvalue weighted by Crippen LogP contribution is 2.44. The fourth-order valence-corrected chi connectivity index (χ4v) is 6.36. The van der Waals surface area contributed by atoms with Crippen molar-refractivity contribution in [3.05, 3.63) is 82.9 Å². The minimum atomic E-state index is -0.955. The first kappa shape index (κ1) is 32.8. The van der Waals surface area contributed by atoms with Gasteiger partial charge in [-0.3, -0.25) is 14.4 Å². The topological polar surface area (TPSA) is 135 Å². The van der Waals surface area contributed by atoms with Crippen molar-refractivity contribution < 1.29 is 38.8 Å². The van der Waals surface area contributed by atoms with Crippen molar-refractivity contribution in [2.45, 2.75) is 101 Å². The van der Waals surface area contributed by atoms with Crippen LogP contribution < -0.4 is 5.32 Å². The Balaban J connectivity index is 1.29. The molecule has 5 rings (SSSR count). The number of nitrogens with one attached hydrogen (secondary N) is 1. The van der Waals surface area contributed by atoms with Crippen LogP contribution in [0.3, 0.4) is 0 Å². The van der Waals surface area contributed by atoms with Crippen LogP contribution in [0, 0.1) is 0 Å². The van der Waals surface area contributed by atoms with Crippen molar-refractivity contribution >= 4 is 17.8 Å². The Kier molecular flexibility index (Phi) is 9.79. The highest BCUT2D eigenvalue weighted by Gasteiger charge is 2.54. The van der Waals surface area contributed by atoms with E-state index in [9.17, 15) is 24.6 Å². The van der Waals surface area contributed by atoms with Crippen LogP contribution in [0.25, 0.3) is 0 Å². The molecule has 1 fully saturated rings. The predicted molar refractivity (Wildman–Crippen MR) is 166 cm³/mol. The van der Waals surface area contributed by atoms with Crippen LogP contribution in [0.5, 0.6) is 0 Å². The number of esters is 1. The minimum Gasteiger partial charge on any atom is -0.460 e. The molecule has 2 aromatic carbocycles. The molecule has 0 bridgehead atoms. The number of aliphatic hydroxyl groups excluding tert-OH is 2. The number of benzene rings is 2. The van der Waals surface area contributed by atoms with Crippen molar-refractivity contribution in [3.63, 3.8) is 0 Å². The van der Waals surface area contributed by atoms with Gasteiger partial charge in [0.25, 0.3) is 0 Å². The molecule has 1 spiro atoms. The number of likely N-dealkylation sites (N-methyl/N-ethyl adjacent to an activating group) is 1. The number of carbonyl (C=O) groups excluding carboxylic acids is 3. The van der Waals surface area contributed by atoms with Gasteiger partial charge in [0.2, 0.25) is 11.8 Å². The van der Waals surface area contributed by atoms with E-state index in [1.807, 2.05) is 54.6 Å². The summed E-state index contributed by atoms with van der Waals surface area (Å²) in [6.45, 7) is 4.94. The number of rotatable bonds is 10. The van der Waals surface area contributed by atoms with Crippen LogP contribution in [-0.4, -0.2) is 88.3 Å². The van der Waals surface area contributed by atoms with Gasteiger partial charge in [-0.1, -0.05) is 54.6 Å². The number of fused-ring (bicyclic) bond motifs is 2. The van der Waals surface area contributed by atoms with Crippen LogP contribution in [0.4, 0.5) is 0 Å². The smallest absolute Gasteiger partial charge is 0.306 e. The van der Waals surface area contributed by atoms with Gasteiger partial charge in [0.15, 0.2) is 5.79 Å². The molecular formula is C35H44N2O8. The Labute approximate surface area is 264 Å². The third-order valence-electron chi connectivity index (χ3n) is 8.56. The second kappa shape index (κ2) is 13.4. The van der Waals surface area contributed by atoms with Crippen LogP contribution >= 0.6 is 0 Å². The number of hydrogen-bond acceptors (Lipinski definition) is 8. The zero-order chi connectivity index (χ0) is 32.4. The molecule has 2 amide bonds. The lowest BCUT2D eigenvalue weighted by Crippen LogP contribution is -2.53. The zero-order valence-corrected chi connectivity index (χ0v) is 26.4. The molecule has 0 radical (unpaired) electrons. The van der Waals surface area contributed by atoms with Crippen LogP contribution in [0.2, 0.25) is 0 Å². The van der Waals surface area contributed by atoms with Gasteiger partial charge in [-0.25, -0.2) is 0 Å². The van der Waals surface area contributed by atoms with Gasteiger partial charge in [0.1, 0.15) is 23.9 Å². The first-order chi connectivity index (χ1) is 21.4. The fourth-order valence-electron chi connectivity index (χ4n) is 6.36. The third-order valence-corrected chi connectivity index (χ3v) is 8.56. The third kappa shape index (κ3) is 7.81. The maximum absolute atomic E-state index is 13.9. The molecule has 3 N–H and O–H groups in total. The molecule has 3 aliphatic rings. The molecule has 1 heterocycles. The lowest BCUT2D eigenvalue weighted by Gasteiger charge is -2.32. The second-order valence-electron chi connectivity index (χ2n) is 13.3. The summed E-state index contributed by atoms with van der Waals surface area (Å²) in [5.41, 5.74) is 2.84. The summed E-state index contributed by atoms with van der Waals surface area (Å²) in [6.07, 6.45) is 1.18. The summed E-state index contributed by atoms with van der Waals surface area (Å²) in [7, 11) is 1.56. The predicted octanol–water partition coefficient (Wildman–Crippen LogP) is 2.63. The standard InChI is InChI=1S/C35H44N2O8/c1-34(2,3)44-30(40)15-14-26(21-38)36-32(41)27(16-22-10-6-5-7-11-22)37(4)33(42)25-17-28(39)31-29(18-25)43-35(45-31)19-23-12-8-9-13-24(23)20-35/h5-13,18,26-29,31,38-39H,14-17,19-21H2,1-4H3,(H,36,41)/t26-,27+,28+,29+,31-/m0/s1. The Bertz CT molecular complexity index is 1390. The number of carbonyl (C=O) groups is 3. The first-order valence-corrected chi connectivity index (χ1v) is 15.6. The molecule has 1 saturated heterocycles. The van der Waals surface area contributed by atoms with Gasteiger partial charge >= 0.3 is 5.97 Å². The molecular weight excluding hydrogens is 576 g/mol. The van der Waals surface area contributed by atoms with E-state index in [0.29, 0.717) is 18.4 Å². The summed E-state index contributed by atoms with van der Waals surface area (Å²) in [5.74, 6) is -2.17. The van der Waals surface area contributed by atoms with E-state index < -0.39 is 59.6 Å². The SMILES string of the molecule is CN(C(=O)C1=C[C@H]2OC3(Cc4ccccc4C3)O[C@H]2[C@H](O)C1)[C@H](Cc1ccccc1)C(=O)N[C@H](CO)CCC(=O)OC(C)(C)C. The van der Waals surface area contributed by atoms with E-state index >= 15 is 0 Å². The van der Waals surface area contributed by atoms with Crippen LogP contribution in [0.15, 0.2) is 66.2 Å². The Morgan fingerprint density at radius 2 is 1.69 bits per heavy atom. The van der Waals surface area contributed by atoms with Gasteiger partial charge < -0.3 is 34.6 Å². The first-order valence-electron chi connectivity index (χ1n) is 15.6. The summed E-state index contributed by atoms with van der Waals surface area (Å²) in [5, 5.41) is 23.9. The van der Waals surface area contributed by atoms with E-state index in [2.05, 4.69) is 5.32 Å². The summed E-state index contributed by atoms with van der Waals surface area (Å²) < 4.78 is 18.1. The lowest BCUT2D eigenvalue weighted by atomic mass is 9.91. The van der Waals surface area contributed by atoms with E-state index in [1.54, 1.807) is 33.9 Å². The molecule has 0 saturated carbocycles. The lowest BCUT2D eigenvalue weighted by molar-refractivity contribution is -0.171. The van der Waals surface area contributed by atoms with E-state index in [4.69, 9.17) is 14.2 Å². The van der Waals surface area contributed by atoms with E-state index in [1.165, 1.54) is 4.90 Å². The maximum Gasteiger partial charge on any atom is 0.306 e. The summed E-state index contributed by atoms with van der Waals surface area (Å²) in [4.78, 5) is 41.2. The number of aliphatic hydroxyl groups is 2. The van der Waals surface area contributed by atoms with Crippen molar-refractivity contribution in [3.8, 4) is 0 Å². The molecule has 1 aliphatic heterocycles. The molecule has 242 valence electrons. The number of amides is 2. The average molecular weight is 621 g/mol. The average Bonchev–Trinajstić information content (AvgIpc) is 3.55. The van der Waals surface area contributed by atoms with Gasteiger partial charge in [0.05, 0.1) is 18.8 Å². The summed E-state index contributed by atoms with van der Waals surface area (Å²) in [6, 6.07) is 15.8. The Morgan fingerprint density at radius 1 is 1.04 bits per heavy atom. The van der Waals surface area contributed by atoms with E-state index in [0.717, 1.165) is 16.7 Å². The molecule has 45 heavy (non-hydrogen) atoms. The molecule has 0 aromatic heterocycles. The Morgan fingerprint density at radius 3 is 2.31 bits per heavy atom. The molecule has 2 aromatic rings. The van der Waals surface area contributed by atoms with E-state index in [-0.39, 0.29) is 32.3 Å². The van der Waals surface area contributed by atoms with Crippen LogP contribution in [-0.2, 0) is 47.9 Å². The Hall–Kier alpha value is -3.57. The molecule has 10 nitrogen and oxygen atoms in total. The fraction of sp³-hybridized carbons (Fsp3) is 0.514. The number of hydrogen-bond donors (Lipinski definition) is 3. The second-order valence-corrected chi connectivity index (χ2v) is 13.3. The molecule has 0 unspecified atom stereocenters. The highest BCUT2D eigenvalue weighted by atomic mass is 16.8. The molecule has 10 heteroatoms. The monoisotopic (exact) mass is 620 g/mol. The van der Waals surface area contributed by atoms with Gasteiger partial charge in [-0.2, -0.15) is 0 Å². The normalized spacial score (nSPS) is 23.0. The van der Waals surface area contributed by atoms with Gasteiger partial charge in [-0.15, -0.1) is 0 Å². The van der Waals surface area contributed by atoms with Crippen LogP contribution in [0.1, 0.15) is 56.7 Å². The maximum atomic E-state index is 13.9. The van der Waals surface area contributed by atoms with Crippen molar-refractivity contribution in [1.29, 1.82) is 0 Å². The number of ether oxygens (including phenoxy) is 3. The van der Waals surface area contributed by atoms with Crippen molar-refractivity contribution in [2.24, 2.45) is 0 Å². The molecule has 5 atom stereocenters. The quantitative estimate of drug-likeness (QED) is 0.345. The summed E-state index contributed by atoms with van der Waals surface area (Å²) >= 11 is 0. The highest BCUT2D eigenvalue weighted by molar-refractivity contribution is 5.97. The minimum absolute atomic E-state index is 0.0167. The van der Waals surface area contributed by atoms with Gasteiger partial charge in [-0.05, 0) is 50.0 Å². The van der Waals surface area contributed by atoms with Crippen molar-refractivity contribution in [2.75, 3.05) is 13.7 Å².